The zero-order valence-corrected chi connectivity index (χ0v) is 15.9. The Morgan fingerprint density at radius 3 is 1.68 bits per heavy atom. The van der Waals surface area contributed by atoms with Gasteiger partial charge in [-0.2, -0.15) is 0 Å². The van der Waals surface area contributed by atoms with Gasteiger partial charge in [0.15, 0.2) is 0 Å². The second kappa shape index (κ2) is 6.16. The standard InChI is InChI=1S/C18H25NO5Si/c1-22-25(23-2,24-3)10-4-9-19-17(20)15-13-7-8-14(16(15)18(19)21)12-6-5-11(12)13/h5-8,11-16H,4,9-10H2,1-3H3. The number of carbonyl (C=O) groups is 2. The van der Waals surface area contributed by atoms with Gasteiger partial charge in [0.1, 0.15) is 0 Å². The van der Waals surface area contributed by atoms with E-state index in [0.717, 1.165) is 0 Å². The molecule has 5 aliphatic rings. The van der Waals surface area contributed by atoms with Crippen molar-refractivity contribution in [3.8, 4) is 0 Å². The van der Waals surface area contributed by atoms with Crippen LogP contribution < -0.4 is 0 Å². The lowest BCUT2D eigenvalue weighted by Crippen LogP contribution is -2.50. The molecule has 6 unspecified atom stereocenters. The zero-order valence-electron chi connectivity index (χ0n) is 14.9. The Morgan fingerprint density at radius 2 is 1.28 bits per heavy atom. The van der Waals surface area contributed by atoms with Crippen LogP contribution in [0.3, 0.4) is 0 Å². The van der Waals surface area contributed by atoms with Crippen LogP contribution in [0.2, 0.25) is 6.04 Å². The molecule has 5 rings (SSSR count). The Balaban J connectivity index is 1.45. The third-order valence-corrected chi connectivity index (χ3v) is 9.39. The van der Waals surface area contributed by atoms with Crippen LogP contribution in [0.15, 0.2) is 24.3 Å². The van der Waals surface area contributed by atoms with Gasteiger partial charge < -0.3 is 13.3 Å². The van der Waals surface area contributed by atoms with E-state index in [9.17, 15) is 9.59 Å². The second-order valence-corrected chi connectivity index (χ2v) is 10.4. The number of amides is 2. The predicted molar refractivity (Wildman–Crippen MR) is 92.1 cm³/mol. The van der Waals surface area contributed by atoms with Crippen LogP contribution in [0.4, 0.5) is 0 Å². The molecule has 136 valence electrons. The maximum atomic E-state index is 12.9. The van der Waals surface area contributed by atoms with Gasteiger partial charge in [-0.1, -0.05) is 24.3 Å². The van der Waals surface area contributed by atoms with E-state index >= 15 is 0 Å². The minimum Gasteiger partial charge on any atom is -0.377 e. The largest absolute Gasteiger partial charge is 0.500 e. The molecule has 1 aliphatic heterocycles. The molecule has 0 aromatic rings. The summed E-state index contributed by atoms with van der Waals surface area (Å²) in [7, 11) is 2.06. The predicted octanol–water partition coefficient (Wildman–Crippen LogP) is 1.47. The average Bonchev–Trinajstić information content (AvgIpc) is 2.85. The highest BCUT2D eigenvalue weighted by Gasteiger charge is 2.62. The Kier molecular flexibility index (Phi) is 4.22. The number of nitrogens with zero attached hydrogens (tertiary/aromatic N) is 1. The number of rotatable bonds is 7. The number of allylic oxidation sites excluding steroid dienone is 4. The van der Waals surface area contributed by atoms with Gasteiger partial charge in [0.05, 0.1) is 11.8 Å². The molecule has 1 saturated carbocycles. The summed E-state index contributed by atoms with van der Waals surface area (Å²) in [5, 5.41) is 0. The van der Waals surface area contributed by atoms with Crippen molar-refractivity contribution in [2.75, 3.05) is 27.9 Å². The zero-order chi connectivity index (χ0) is 17.8. The van der Waals surface area contributed by atoms with Crippen LogP contribution in [0.25, 0.3) is 0 Å². The Morgan fingerprint density at radius 1 is 0.840 bits per heavy atom. The Bertz CT molecular complexity index is 595. The summed E-state index contributed by atoms with van der Waals surface area (Å²) in [4.78, 5) is 27.4. The minimum atomic E-state index is -2.67. The molecule has 2 amide bonds. The molecule has 1 saturated heterocycles. The molecule has 0 spiro atoms. The molecule has 0 radical (unpaired) electrons. The lowest BCUT2D eigenvalue weighted by atomic mass is 9.50. The van der Waals surface area contributed by atoms with Gasteiger partial charge in [-0.3, -0.25) is 14.5 Å². The molecule has 6 atom stereocenters. The van der Waals surface area contributed by atoms with Gasteiger partial charge in [0.25, 0.3) is 0 Å². The Labute approximate surface area is 149 Å². The molecule has 2 bridgehead atoms. The van der Waals surface area contributed by atoms with Gasteiger partial charge in [0, 0.05) is 33.9 Å². The van der Waals surface area contributed by atoms with E-state index in [1.54, 1.807) is 21.3 Å². The van der Waals surface area contributed by atoms with Crippen molar-refractivity contribution in [1.82, 2.24) is 4.90 Å². The van der Waals surface area contributed by atoms with Gasteiger partial charge in [-0.15, -0.1) is 0 Å². The maximum Gasteiger partial charge on any atom is 0.500 e. The lowest BCUT2D eigenvalue weighted by molar-refractivity contribution is -0.140. The smallest absolute Gasteiger partial charge is 0.377 e. The summed E-state index contributed by atoms with van der Waals surface area (Å²) in [6, 6.07) is 0.584. The van der Waals surface area contributed by atoms with Crippen molar-refractivity contribution in [2.45, 2.75) is 12.5 Å². The first-order valence-electron chi connectivity index (χ1n) is 8.94. The third kappa shape index (κ3) is 2.33. The second-order valence-electron chi connectivity index (χ2n) is 7.36. The number of likely N-dealkylation sites (tertiary alicyclic amines) is 1. The molecule has 0 N–H and O–H groups in total. The van der Waals surface area contributed by atoms with Crippen molar-refractivity contribution >= 4 is 20.6 Å². The van der Waals surface area contributed by atoms with Gasteiger partial charge in [0.2, 0.25) is 11.8 Å². The van der Waals surface area contributed by atoms with E-state index < -0.39 is 8.80 Å². The number of hydrogen-bond donors (Lipinski definition) is 0. The van der Waals surface area contributed by atoms with Crippen LogP contribution in [0.1, 0.15) is 6.42 Å². The molecular formula is C18H25NO5Si. The fourth-order valence-electron chi connectivity index (χ4n) is 5.18. The summed E-state index contributed by atoms with van der Waals surface area (Å²) in [5.74, 6) is 0.965. The molecule has 25 heavy (non-hydrogen) atoms. The highest BCUT2D eigenvalue weighted by atomic mass is 28.4. The topological polar surface area (TPSA) is 65.1 Å². The summed E-state index contributed by atoms with van der Waals surface area (Å²) in [6.07, 6.45) is 9.39. The van der Waals surface area contributed by atoms with Crippen LogP contribution >= 0.6 is 0 Å². The summed E-state index contributed by atoms with van der Waals surface area (Å²) < 4.78 is 16.3. The quantitative estimate of drug-likeness (QED) is 0.389. The van der Waals surface area contributed by atoms with E-state index in [1.807, 2.05) is 0 Å². The normalized spacial score (nSPS) is 38.1. The van der Waals surface area contributed by atoms with Crippen LogP contribution in [-0.4, -0.2) is 53.4 Å². The molecule has 2 fully saturated rings. The summed E-state index contributed by atoms with van der Waals surface area (Å²) in [6.45, 7) is 0.414. The molecule has 7 heteroatoms. The monoisotopic (exact) mass is 363 g/mol. The van der Waals surface area contributed by atoms with Crippen molar-refractivity contribution in [3.63, 3.8) is 0 Å². The van der Waals surface area contributed by atoms with E-state index in [4.69, 9.17) is 13.3 Å². The van der Waals surface area contributed by atoms with Crippen molar-refractivity contribution in [1.29, 1.82) is 0 Å². The fourth-order valence-corrected chi connectivity index (χ4v) is 6.89. The number of hydrogen-bond acceptors (Lipinski definition) is 5. The van der Waals surface area contributed by atoms with E-state index in [-0.39, 0.29) is 35.5 Å². The first-order chi connectivity index (χ1) is 12.1. The van der Waals surface area contributed by atoms with E-state index in [1.165, 1.54) is 4.90 Å². The van der Waals surface area contributed by atoms with Crippen LogP contribution in [0, 0.1) is 35.5 Å². The highest BCUT2D eigenvalue weighted by Crippen LogP contribution is 2.58. The molecular weight excluding hydrogens is 338 g/mol. The molecule has 0 aromatic heterocycles. The van der Waals surface area contributed by atoms with Crippen LogP contribution in [0.5, 0.6) is 0 Å². The van der Waals surface area contributed by atoms with Gasteiger partial charge in [-0.25, -0.2) is 0 Å². The van der Waals surface area contributed by atoms with E-state index in [2.05, 4.69) is 24.3 Å². The number of imide groups is 1. The summed E-state index contributed by atoms with van der Waals surface area (Å²) >= 11 is 0. The summed E-state index contributed by atoms with van der Waals surface area (Å²) in [5.41, 5.74) is 0. The fraction of sp³-hybridized carbons (Fsp3) is 0.667. The highest BCUT2D eigenvalue weighted by molar-refractivity contribution is 6.60. The van der Waals surface area contributed by atoms with Crippen LogP contribution in [-0.2, 0) is 22.9 Å². The molecule has 6 nitrogen and oxygen atoms in total. The number of carbonyl (C=O) groups excluding carboxylic acids is 2. The molecule has 1 heterocycles. The SMILES string of the molecule is CO[Si](CCCN1C(=O)C2C3C=CC(C4C=CC43)C2C1=O)(OC)OC. The maximum absolute atomic E-state index is 12.9. The van der Waals surface area contributed by atoms with Crippen molar-refractivity contribution in [3.05, 3.63) is 24.3 Å². The lowest BCUT2D eigenvalue weighted by Gasteiger charge is -2.51. The average molecular weight is 363 g/mol. The van der Waals surface area contributed by atoms with Gasteiger partial charge in [-0.05, 0) is 30.1 Å². The molecule has 4 aliphatic carbocycles. The first-order valence-corrected chi connectivity index (χ1v) is 10.9. The van der Waals surface area contributed by atoms with Gasteiger partial charge >= 0.3 is 8.80 Å². The molecule has 0 aromatic carbocycles. The third-order valence-electron chi connectivity index (χ3n) is 6.56. The van der Waals surface area contributed by atoms with Crippen molar-refractivity contribution < 1.29 is 22.9 Å². The Hall–Kier alpha value is -1.28. The first kappa shape index (κ1) is 17.1. The van der Waals surface area contributed by atoms with Crippen molar-refractivity contribution in [2.24, 2.45) is 35.5 Å². The minimum absolute atomic E-state index is 0.00705. The van der Waals surface area contributed by atoms with E-state index in [0.29, 0.717) is 30.8 Å².